The topological polar surface area (TPSA) is 28.6 Å². The fourth-order valence-electron chi connectivity index (χ4n) is 11.5. The lowest BCUT2D eigenvalue weighted by molar-refractivity contribution is -0.666. The van der Waals surface area contributed by atoms with Crippen LogP contribution in [0.3, 0.4) is 0 Å². The molecule has 4 aliphatic rings. The SMILES string of the molecule is CC(C)c1ccc2c(c1)CC[C@H]1[C@](C)(CNCC[NH2+]C[C@]3(C)CCC[C@]4(C)c5ccc(C(C)C)cc5CC[C@@H]34)CCC[C@]21C. The fraction of sp³-hybridized carbons (Fsp3) is 0.714. The smallest absolute Gasteiger partial charge is 0.0882 e. The Balaban J connectivity index is 1.04. The quantitative estimate of drug-likeness (QED) is 0.278. The summed E-state index contributed by atoms with van der Waals surface area (Å²) in [6.07, 6.45) is 13.5. The van der Waals surface area contributed by atoms with Gasteiger partial charge in [-0.25, -0.2) is 0 Å². The maximum Gasteiger partial charge on any atom is 0.0882 e. The van der Waals surface area contributed by atoms with Gasteiger partial charge in [-0.1, -0.05) is 105 Å². The van der Waals surface area contributed by atoms with Crippen LogP contribution in [0.25, 0.3) is 0 Å². The van der Waals surface area contributed by atoms with E-state index >= 15 is 0 Å². The van der Waals surface area contributed by atoms with Crippen molar-refractivity contribution in [3.05, 3.63) is 69.8 Å². The van der Waals surface area contributed by atoms with Crippen LogP contribution < -0.4 is 10.6 Å². The number of aryl methyl sites for hydroxylation is 2. The van der Waals surface area contributed by atoms with Crippen molar-refractivity contribution < 1.29 is 5.32 Å². The molecule has 2 aromatic carbocycles. The average molecular weight is 598 g/mol. The summed E-state index contributed by atoms with van der Waals surface area (Å²) in [4.78, 5) is 0. The van der Waals surface area contributed by atoms with Crippen molar-refractivity contribution in [2.75, 3.05) is 26.2 Å². The number of rotatable bonds is 9. The van der Waals surface area contributed by atoms with Gasteiger partial charge in [0.1, 0.15) is 0 Å². The summed E-state index contributed by atoms with van der Waals surface area (Å²) in [5.74, 6) is 2.82. The zero-order chi connectivity index (χ0) is 31.3. The van der Waals surface area contributed by atoms with Crippen molar-refractivity contribution in [1.82, 2.24) is 5.32 Å². The van der Waals surface area contributed by atoms with E-state index in [1.165, 1.54) is 95.0 Å². The van der Waals surface area contributed by atoms with Crippen LogP contribution in [-0.4, -0.2) is 26.2 Å². The highest BCUT2D eigenvalue weighted by Gasteiger charge is 2.53. The van der Waals surface area contributed by atoms with E-state index in [4.69, 9.17) is 0 Å². The molecule has 0 unspecified atom stereocenters. The number of nitrogens with two attached hydrogens (primary N) is 1. The molecule has 0 bridgehead atoms. The zero-order valence-corrected chi connectivity index (χ0v) is 29.8. The van der Waals surface area contributed by atoms with Crippen LogP contribution in [0.1, 0.15) is 152 Å². The van der Waals surface area contributed by atoms with Crippen LogP contribution in [-0.2, 0) is 23.7 Å². The molecule has 0 spiro atoms. The Labute approximate surface area is 271 Å². The normalized spacial score (nSPS) is 34.8. The fourth-order valence-corrected chi connectivity index (χ4v) is 11.5. The van der Waals surface area contributed by atoms with Gasteiger partial charge in [0.2, 0.25) is 0 Å². The van der Waals surface area contributed by atoms with Gasteiger partial charge in [-0.05, 0) is 125 Å². The first kappa shape index (κ1) is 32.3. The van der Waals surface area contributed by atoms with Crippen LogP contribution >= 0.6 is 0 Å². The lowest BCUT2D eigenvalue weighted by Crippen LogP contribution is -2.89. The minimum Gasteiger partial charge on any atom is -0.345 e. The Bertz CT molecular complexity index is 1220. The number of hydrogen-bond donors (Lipinski definition) is 2. The Morgan fingerprint density at radius 1 is 0.705 bits per heavy atom. The predicted molar refractivity (Wildman–Crippen MR) is 188 cm³/mol. The monoisotopic (exact) mass is 598 g/mol. The molecule has 6 rings (SSSR count). The first-order valence-electron chi connectivity index (χ1n) is 18.7. The molecule has 0 amide bonds. The van der Waals surface area contributed by atoms with Crippen LogP contribution in [0.15, 0.2) is 36.4 Å². The molecule has 0 radical (unpaired) electrons. The molecule has 242 valence electrons. The molecule has 2 saturated carbocycles. The minimum atomic E-state index is 0.334. The van der Waals surface area contributed by atoms with Crippen LogP contribution in [0.4, 0.5) is 0 Å². The summed E-state index contributed by atoms with van der Waals surface area (Å²) in [5, 5.41) is 6.68. The summed E-state index contributed by atoms with van der Waals surface area (Å²) >= 11 is 0. The molecule has 2 fully saturated rings. The van der Waals surface area contributed by atoms with E-state index in [1.807, 2.05) is 0 Å². The third-order valence-electron chi connectivity index (χ3n) is 14.0. The van der Waals surface area contributed by atoms with Crippen LogP contribution in [0, 0.1) is 22.7 Å². The molecule has 2 aromatic rings. The molecule has 3 N–H and O–H groups in total. The molecular formula is C42H65N2+. The minimum absolute atomic E-state index is 0.334. The number of fused-ring (bicyclic) bond motifs is 6. The van der Waals surface area contributed by atoms with Gasteiger partial charge >= 0.3 is 0 Å². The molecule has 0 aliphatic heterocycles. The van der Waals surface area contributed by atoms with Gasteiger partial charge in [0, 0.05) is 18.5 Å². The Hall–Kier alpha value is -1.64. The molecule has 4 aliphatic carbocycles. The van der Waals surface area contributed by atoms with Gasteiger partial charge < -0.3 is 10.6 Å². The molecule has 44 heavy (non-hydrogen) atoms. The van der Waals surface area contributed by atoms with Crippen molar-refractivity contribution in [3.63, 3.8) is 0 Å². The molecule has 2 heteroatoms. The second kappa shape index (κ2) is 12.2. The van der Waals surface area contributed by atoms with E-state index in [2.05, 4.69) is 102 Å². The van der Waals surface area contributed by atoms with Gasteiger partial charge in [-0.2, -0.15) is 0 Å². The first-order valence-corrected chi connectivity index (χ1v) is 18.7. The van der Waals surface area contributed by atoms with Gasteiger partial charge in [0.05, 0.1) is 13.1 Å². The first-order chi connectivity index (χ1) is 20.9. The summed E-state index contributed by atoms with van der Waals surface area (Å²) in [5.41, 5.74) is 11.2. The van der Waals surface area contributed by atoms with E-state index in [-0.39, 0.29) is 0 Å². The van der Waals surface area contributed by atoms with Gasteiger partial charge in [-0.15, -0.1) is 0 Å². The highest BCUT2D eigenvalue weighted by atomic mass is 15.0. The molecule has 2 nitrogen and oxygen atoms in total. The highest BCUT2D eigenvalue weighted by molar-refractivity contribution is 5.43. The van der Waals surface area contributed by atoms with Crippen molar-refractivity contribution in [1.29, 1.82) is 0 Å². The maximum atomic E-state index is 4.00. The van der Waals surface area contributed by atoms with E-state index < -0.39 is 0 Å². The summed E-state index contributed by atoms with van der Waals surface area (Å²) in [7, 11) is 0. The number of nitrogens with one attached hydrogen (secondary N) is 1. The summed E-state index contributed by atoms with van der Waals surface area (Å²) < 4.78 is 0. The lowest BCUT2D eigenvalue weighted by atomic mass is 9.49. The molecule has 0 aromatic heterocycles. The Kier molecular flexibility index (Phi) is 8.95. The van der Waals surface area contributed by atoms with E-state index in [9.17, 15) is 0 Å². The third-order valence-corrected chi connectivity index (χ3v) is 14.0. The second-order valence-electron chi connectivity index (χ2n) is 17.6. The zero-order valence-electron chi connectivity index (χ0n) is 29.8. The third kappa shape index (κ3) is 5.63. The predicted octanol–water partition coefficient (Wildman–Crippen LogP) is 8.81. The standard InChI is InChI=1S/C42H64N2/c1-29(2)31-11-15-35-33(25-31)13-17-37-39(5,19-9-21-41(35,37)7)27-43-23-24-44-28-40(6)20-10-22-42(8)36-16-12-32(30(3)4)26-34(36)14-18-38(40)42/h11-12,15-16,25-26,29-30,37-38,43-44H,9-10,13-14,17-24,27-28H2,1-8H3/p+1/t37-,38-,39-,40-,41+,42+/m0/s1. The summed E-state index contributed by atoms with van der Waals surface area (Å²) in [6, 6.07) is 15.0. The van der Waals surface area contributed by atoms with E-state index in [1.54, 1.807) is 22.3 Å². The van der Waals surface area contributed by atoms with Gasteiger partial charge in [0.15, 0.2) is 0 Å². The van der Waals surface area contributed by atoms with Crippen molar-refractivity contribution >= 4 is 0 Å². The summed E-state index contributed by atoms with van der Waals surface area (Å²) in [6.45, 7) is 24.6. The van der Waals surface area contributed by atoms with E-state index in [0.717, 1.165) is 18.4 Å². The number of benzene rings is 2. The second-order valence-corrected chi connectivity index (χ2v) is 17.6. The molecule has 0 heterocycles. The largest absolute Gasteiger partial charge is 0.345 e. The maximum absolute atomic E-state index is 4.00. The van der Waals surface area contributed by atoms with Gasteiger partial charge in [-0.3, -0.25) is 0 Å². The highest BCUT2D eigenvalue weighted by Crippen LogP contribution is 2.58. The van der Waals surface area contributed by atoms with Crippen molar-refractivity contribution in [2.24, 2.45) is 22.7 Å². The van der Waals surface area contributed by atoms with Gasteiger partial charge in [0.25, 0.3) is 0 Å². The van der Waals surface area contributed by atoms with E-state index in [0.29, 0.717) is 33.5 Å². The Morgan fingerprint density at radius 2 is 1.20 bits per heavy atom. The number of hydrogen-bond acceptors (Lipinski definition) is 1. The van der Waals surface area contributed by atoms with Crippen LogP contribution in [0.5, 0.6) is 0 Å². The van der Waals surface area contributed by atoms with Crippen molar-refractivity contribution in [2.45, 2.75) is 142 Å². The molecular weight excluding hydrogens is 532 g/mol. The van der Waals surface area contributed by atoms with Crippen molar-refractivity contribution in [3.8, 4) is 0 Å². The molecule has 6 atom stereocenters. The lowest BCUT2D eigenvalue weighted by Gasteiger charge is -2.56. The number of quaternary nitrogens is 1. The Morgan fingerprint density at radius 3 is 1.73 bits per heavy atom. The molecule has 0 saturated heterocycles. The average Bonchev–Trinajstić information content (AvgIpc) is 2.98. The van der Waals surface area contributed by atoms with Crippen LogP contribution in [0.2, 0.25) is 0 Å².